The van der Waals surface area contributed by atoms with Crippen LogP contribution >= 0.6 is 0 Å². The molecule has 3 aromatic rings. The minimum Gasteiger partial charge on any atom is -0.336 e. The highest BCUT2D eigenvalue weighted by atomic mass is 19.1. The van der Waals surface area contributed by atoms with Crippen LogP contribution in [0.5, 0.6) is 0 Å². The number of amides is 1. The first-order chi connectivity index (χ1) is 14.0. The monoisotopic (exact) mass is 395 g/mol. The van der Waals surface area contributed by atoms with E-state index in [4.69, 9.17) is 0 Å². The second kappa shape index (κ2) is 6.79. The normalized spacial score (nSPS) is 23.7. The van der Waals surface area contributed by atoms with Gasteiger partial charge in [0.2, 0.25) is 5.91 Å². The lowest BCUT2D eigenvalue weighted by Crippen LogP contribution is -2.46. The van der Waals surface area contributed by atoms with Crippen LogP contribution in [0.4, 0.5) is 4.39 Å². The second-order valence-corrected chi connectivity index (χ2v) is 8.12. The largest absolute Gasteiger partial charge is 0.336 e. The van der Waals surface area contributed by atoms with Gasteiger partial charge < -0.3 is 4.90 Å². The van der Waals surface area contributed by atoms with Gasteiger partial charge in [-0.2, -0.15) is 9.50 Å². The number of piperidine rings is 1. The Kier molecular flexibility index (Phi) is 4.22. The Morgan fingerprint density at radius 1 is 1.17 bits per heavy atom. The summed E-state index contributed by atoms with van der Waals surface area (Å²) in [5.41, 5.74) is 1.51. The fourth-order valence-corrected chi connectivity index (χ4v) is 4.94. The molecule has 2 bridgehead atoms. The molecule has 1 aromatic carbocycles. The lowest BCUT2D eigenvalue weighted by Gasteiger charge is -2.39. The van der Waals surface area contributed by atoms with Crippen LogP contribution in [0.1, 0.15) is 48.7 Å². The fourth-order valence-electron chi connectivity index (χ4n) is 4.94. The predicted octanol–water partition coefficient (Wildman–Crippen LogP) is 2.34. The molecule has 0 radical (unpaired) electrons. The third kappa shape index (κ3) is 3.22. The van der Waals surface area contributed by atoms with Crippen molar-refractivity contribution in [2.75, 3.05) is 0 Å². The molecule has 5 rings (SSSR count). The fraction of sp³-hybridized carbons (Fsp3) is 0.429. The number of carbonyl (C=O) groups is 1. The molecule has 0 aliphatic carbocycles. The summed E-state index contributed by atoms with van der Waals surface area (Å²) in [6.07, 6.45) is 3.90. The highest BCUT2D eigenvalue weighted by Crippen LogP contribution is 2.43. The van der Waals surface area contributed by atoms with Crippen LogP contribution in [0, 0.1) is 12.7 Å². The van der Waals surface area contributed by atoms with Gasteiger partial charge >= 0.3 is 0 Å². The summed E-state index contributed by atoms with van der Waals surface area (Å²) in [6, 6.07) is 8.56. The maximum absolute atomic E-state index is 13.2. The number of rotatable bonds is 3. The number of nitrogens with zero attached hydrogens (tertiary/aromatic N) is 4. The molecule has 8 heteroatoms. The molecule has 4 heterocycles. The van der Waals surface area contributed by atoms with Crippen molar-refractivity contribution in [3.63, 3.8) is 0 Å². The topological polar surface area (TPSA) is 83.4 Å². The lowest BCUT2D eigenvalue weighted by molar-refractivity contribution is -0.135. The van der Waals surface area contributed by atoms with Crippen LogP contribution in [-0.4, -0.2) is 42.5 Å². The third-order valence-corrected chi connectivity index (χ3v) is 6.19. The average Bonchev–Trinajstić information content (AvgIpc) is 3.20. The van der Waals surface area contributed by atoms with E-state index in [1.54, 1.807) is 6.92 Å². The first kappa shape index (κ1) is 18.0. The summed E-state index contributed by atoms with van der Waals surface area (Å²) in [7, 11) is 0. The number of aromatic amines is 1. The van der Waals surface area contributed by atoms with Gasteiger partial charge in [0, 0.05) is 23.8 Å². The van der Waals surface area contributed by atoms with E-state index in [9.17, 15) is 14.0 Å². The van der Waals surface area contributed by atoms with Crippen molar-refractivity contribution in [3.8, 4) is 0 Å². The van der Waals surface area contributed by atoms with E-state index in [0.29, 0.717) is 17.4 Å². The number of nitrogens with one attached hydrogen (secondary N) is 1. The molecule has 2 saturated heterocycles. The number of aromatic nitrogens is 4. The highest BCUT2D eigenvalue weighted by molar-refractivity contribution is 5.79. The van der Waals surface area contributed by atoms with Crippen LogP contribution in [0.25, 0.3) is 5.78 Å². The SMILES string of the molecule is Cc1cc(=O)n2[nH]c(CC(=O)N3[C@@H]4CC[C@@H]3CC(c3ccc(F)cc3)C4)nc2n1. The molecule has 2 aliphatic heterocycles. The zero-order valence-electron chi connectivity index (χ0n) is 16.1. The van der Waals surface area contributed by atoms with Crippen molar-refractivity contribution in [2.24, 2.45) is 0 Å². The Bertz CT molecular complexity index is 1120. The quantitative estimate of drug-likeness (QED) is 0.738. The van der Waals surface area contributed by atoms with Crippen LogP contribution in [0.15, 0.2) is 35.1 Å². The molecule has 2 fully saturated rings. The maximum Gasteiger partial charge on any atom is 0.274 e. The van der Waals surface area contributed by atoms with E-state index in [1.165, 1.54) is 22.7 Å². The van der Waals surface area contributed by atoms with Crippen molar-refractivity contribution >= 4 is 11.7 Å². The Morgan fingerprint density at radius 2 is 1.86 bits per heavy atom. The molecule has 2 aromatic heterocycles. The first-order valence-electron chi connectivity index (χ1n) is 10.00. The predicted molar refractivity (Wildman–Crippen MR) is 104 cm³/mol. The molecule has 1 N–H and O–H groups in total. The Balaban J connectivity index is 1.33. The molecular weight excluding hydrogens is 373 g/mol. The summed E-state index contributed by atoms with van der Waals surface area (Å²) < 4.78 is 14.5. The van der Waals surface area contributed by atoms with Crippen molar-refractivity contribution in [2.45, 2.75) is 57.0 Å². The van der Waals surface area contributed by atoms with Gasteiger partial charge in [0.05, 0.1) is 6.42 Å². The van der Waals surface area contributed by atoms with E-state index >= 15 is 0 Å². The first-order valence-corrected chi connectivity index (χ1v) is 10.00. The molecule has 7 nitrogen and oxygen atoms in total. The number of halogens is 1. The Hall–Kier alpha value is -3.03. The number of carbonyl (C=O) groups excluding carboxylic acids is 1. The third-order valence-electron chi connectivity index (χ3n) is 6.19. The smallest absolute Gasteiger partial charge is 0.274 e. The number of H-pyrrole nitrogens is 1. The molecule has 0 spiro atoms. The maximum atomic E-state index is 13.2. The lowest BCUT2D eigenvalue weighted by atomic mass is 9.85. The number of hydrogen-bond acceptors (Lipinski definition) is 4. The summed E-state index contributed by atoms with van der Waals surface area (Å²) in [4.78, 5) is 35.7. The van der Waals surface area contributed by atoms with Gasteiger partial charge in [0.1, 0.15) is 11.6 Å². The van der Waals surface area contributed by atoms with E-state index in [2.05, 4.69) is 15.1 Å². The van der Waals surface area contributed by atoms with Crippen molar-refractivity contribution < 1.29 is 9.18 Å². The number of fused-ring (bicyclic) bond motifs is 3. The van der Waals surface area contributed by atoms with Crippen LogP contribution in [0.2, 0.25) is 0 Å². The number of hydrogen-bond donors (Lipinski definition) is 1. The van der Waals surface area contributed by atoms with E-state index < -0.39 is 0 Å². The Morgan fingerprint density at radius 3 is 2.55 bits per heavy atom. The molecule has 0 unspecified atom stereocenters. The van der Waals surface area contributed by atoms with Crippen LogP contribution in [0.3, 0.4) is 0 Å². The van der Waals surface area contributed by atoms with Gasteiger partial charge in [-0.1, -0.05) is 12.1 Å². The molecule has 150 valence electrons. The second-order valence-electron chi connectivity index (χ2n) is 8.12. The summed E-state index contributed by atoms with van der Waals surface area (Å²) in [5.74, 6) is 0.896. The minimum absolute atomic E-state index is 0.0267. The van der Waals surface area contributed by atoms with Crippen molar-refractivity contribution in [1.29, 1.82) is 0 Å². The Labute approximate surface area is 166 Å². The minimum atomic E-state index is -0.237. The van der Waals surface area contributed by atoms with Crippen LogP contribution in [-0.2, 0) is 11.2 Å². The standard InChI is InChI=1S/C21H22FN5O2/c1-12-8-20(29)27-21(23-12)24-18(25-27)11-19(28)26-16-6-7-17(26)10-14(9-16)13-2-4-15(22)5-3-13/h2-5,8,14,16-17H,6-7,9-11H2,1H3,(H,23,24,25)/t16-,17-/m1/s1. The van der Waals surface area contributed by atoms with Gasteiger partial charge in [-0.15, -0.1) is 0 Å². The summed E-state index contributed by atoms with van der Waals surface area (Å²) in [6.45, 7) is 1.74. The van der Waals surface area contributed by atoms with Gasteiger partial charge in [-0.25, -0.2) is 9.37 Å². The average molecular weight is 395 g/mol. The van der Waals surface area contributed by atoms with Gasteiger partial charge in [-0.3, -0.25) is 14.7 Å². The molecule has 2 atom stereocenters. The molecular formula is C21H22FN5O2. The van der Waals surface area contributed by atoms with E-state index in [1.807, 2.05) is 17.0 Å². The zero-order chi connectivity index (χ0) is 20.1. The van der Waals surface area contributed by atoms with Gasteiger partial charge in [0.15, 0.2) is 0 Å². The van der Waals surface area contributed by atoms with Gasteiger partial charge in [-0.05, 0) is 56.2 Å². The molecule has 1 amide bonds. The van der Waals surface area contributed by atoms with E-state index in [-0.39, 0.29) is 41.6 Å². The van der Waals surface area contributed by atoms with E-state index in [0.717, 1.165) is 31.2 Å². The summed E-state index contributed by atoms with van der Waals surface area (Å²) in [5, 5.41) is 2.90. The number of benzene rings is 1. The molecule has 0 saturated carbocycles. The highest BCUT2D eigenvalue weighted by Gasteiger charge is 2.43. The summed E-state index contributed by atoms with van der Waals surface area (Å²) >= 11 is 0. The number of aryl methyl sites for hydroxylation is 1. The zero-order valence-corrected chi connectivity index (χ0v) is 16.1. The molecule has 29 heavy (non-hydrogen) atoms. The van der Waals surface area contributed by atoms with Crippen molar-refractivity contribution in [1.82, 2.24) is 24.5 Å². The van der Waals surface area contributed by atoms with Crippen molar-refractivity contribution in [3.05, 3.63) is 63.6 Å². The van der Waals surface area contributed by atoms with Crippen LogP contribution < -0.4 is 5.56 Å². The molecule has 2 aliphatic rings. The van der Waals surface area contributed by atoms with Gasteiger partial charge in [0.25, 0.3) is 11.3 Å².